The Bertz CT molecular complexity index is 1110. The van der Waals surface area contributed by atoms with E-state index in [1.54, 1.807) is 31.6 Å². The third kappa shape index (κ3) is 5.15. The molecular formula is C23H23ClF2N4O2. The van der Waals surface area contributed by atoms with Crippen molar-refractivity contribution in [1.29, 1.82) is 0 Å². The fraction of sp³-hybridized carbons (Fsp3) is 0.304. The highest BCUT2D eigenvalue weighted by Gasteiger charge is 2.33. The molecule has 1 N–H and O–H groups in total. The van der Waals surface area contributed by atoms with E-state index < -0.39 is 17.5 Å². The molecule has 0 unspecified atom stereocenters. The minimum absolute atomic E-state index is 0.0621. The Morgan fingerprint density at radius 3 is 2.88 bits per heavy atom. The number of methoxy groups -OCH3 is 1. The quantitative estimate of drug-likeness (QED) is 0.563. The first-order valence-corrected chi connectivity index (χ1v) is 10.6. The normalized spacial score (nSPS) is 18.8. The van der Waals surface area contributed by atoms with Crippen molar-refractivity contribution >= 4 is 23.2 Å². The lowest BCUT2D eigenvalue weighted by Crippen LogP contribution is -2.32. The molecule has 2 aromatic carbocycles. The highest BCUT2D eigenvalue weighted by molar-refractivity contribution is 6.30. The number of likely N-dealkylation sites (tertiary alicyclic amines) is 1. The molecule has 1 aliphatic rings. The third-order valence-electron chi connectivity index (χ3n) is 5.55. The van der Waals surface area contributed by atoms with E-state index in [-0.39, 0.29) is 22.7 Å². The molecule has 3 aromatic rings. The molecule has 1 amide bonds. The van der Waals surface area contributed by atoms with Crippen LogP contribution in [0.4, 0.5) is 14.5 Å². The maximum atomic E-state index is 13.8. The first-order valence-electron chi connectivity index (χ1n) is 10.2. The van der Waals surface area contributed by atoms with Crippen molar-refractivity contribution in [2.75, 3.05) is 25.6 Å². The fourth-order valence-corrected chi connectivity index (χ4v) is 4.13. The molecule has 4 rings (SSSR count). The van der Waals surface area contributed by atoms with Gasteiger partial charge in [0.25, 0.3) is 5.91 Å². The molecule has 9 heteroatoms. The van der Waals surface area contributed by atoms with Gasteiger partial charge in [0.05, 0.1) is 29.6 Å². The van der Waals surface area contributed by atoms with Crippen LogP contribution < -0.4 is 5.32 Å². The number of benzene rings is 2. The molecule has 1 saturated heterocycles. The van der Waals surface area contributed by atoms with Crippen molar-refractivity contribution in [2.45, 2.75) is 25.0 Å². The lowest BCUT2D eigenvalue weighted by Gasteiger charge is -2.23. The molecule has 0 spiro atoms. The Morgan fingerprint density at radius 1 is 1.28 bits per heavy atom. The van der Waals surface area contributed by atoms with Gasteiger partial charge in [-0.1, -0.05) is 23.7 Å². The Balaban J connectivity index is 1.44. The van der Waals surface area contributed by atoms with Crippen LogP contribution in [0.1, 0.15) is 28.4 Å². The number of aromatic nitrogens is 2. The van der Waals surface area contributed by atoms with Gasteiger partial charge in [0.15, 0.2) is 0 Å². The number of amides is 1. The number of ether oxygens (including phenoxy) is 1. The van der Waals surface area contributed by atoms with Crippen molar-refractivity contribution in [2.24, 2.45) is 0 Å². The van der Waals surface area contributed by atoms with Crippen LogP contribution in [-0.4, -0.2) is 46.9 Å². The topological polar surface area (TPSA) is 59.4 Å². The van der Waals surface area contributed by atoms with Crippen LogP contribution in [0, 0.1) is 11.6 Å². The van der Waals surface area contributed by atoms with Crippen LogP contribution in [0.3, 0.4) is 0 Å². The minimum Gasteiger partial charge on any atom is -0.383 e. The largest absolute Gasteiger partial charge is 0.383 e. The van der Waals surface area contributed by atoms with Crippen LogP contribution in [0.5, 0.6) is 0 Å². The second-order valence-corrected chi connectivity index (χ2v) is 8.26. The van der Waals surface area contributed by atoms with E-state index in [4.69, 9.17) is 16.3 Å². The summed E-state index contributed by atoms with van der Waals surface area (Å²) < 4.78 is 34.4. The SMILES string of the molecule is COC[C@@H]1C[C@H](n2cc(NC(=O)c3cccc(F)c3)cn2)CN1Cc1ccc(Cl)c(F)c1. The van der Waals surface area contributed by atoms with Crippen molar-refractivity contribution < 1.29 is 18.3 Å². The van der Waals surface area contributed by atoms with Crippen molar-refractivity contribution in [1.82, 2.24) is 14.7 Å². The maximum absolute atomic E-state index is 13.8. The van der Waals surface area contributed by atoms with Gasteiger partial charge in [0.1, 0.15) is 11.6 Å². The monoisotopic (exact) mass is 460 g/mol. The molecule has 2 atom stereocenters. The summed E-state index contributed by atoms with van der Waals surface area (Å²) in [6.45, 7) is 1.79. The summed E-state index contributed by atoms with van der Waals surface area (Å²) in [5, 5.41) is 7.26. The maximum Gasteiger partial charge on any atom is 0.255 e. The molecule has 6 nitrogen and oxygen atoms in total. The summed E-state index contributed by atoms with van der Waals surface area (Å²) in [5.74, 6) is -1.31. The molecule has 1 aliphatic heterocycles. The first kappa shape index (κ1) is 22.4. The summed E-state index contributed by atoms with van der Waals surface area (Å²) in [5.41, 5.74) is 1.60. The minimum atomic E-state index is -0.468. The number of anilines is 1. The zero-order chi connectivity index (χ0) is 22.7. The molecule has 2 heterocycles. The van der Waals surface area contributed by atoms with E-state index in [1.807, 2.05) is 10.7 Å². The second-order valence-electron chi connectivity index (χ2n) is 7.85. The number of hydrogen-bond donors (Lipinski definition) is 1. The van der Waals surface area contributed by atoms with Crippen LogP contribution >= 0.6 is 11.6 Å². The molecule has 0 aliphatic carbocycles. The summed E-state index contributed by atoms with van der Waals surface area (Å²) >= 11 is 5.80. The molecule has 0 radical (unpaired) electrons. The average Bonchev–Trinajstić information content (AvgIpc) is 3.38. The molecule has 0 saturated carbocycles. The van der Waals surface area contributed by atoms with Crippen LogP contribution in [-0.2, 0) is 11.3 Å². The predicted octanol–water partition coefficient (Wildman–Crippen LogP) is 4.53. The van der Waals surface area contributed by atoms with Gasteiger partial charge in [-0.15, -0.1) is 0 Å². The average molecular weight is 461 g/mol. The Labute approximate surface area is 189 Å². The number of carbonyl (C=O) groups is 1. The Hall–Kier alpha value is -2.81. The molecular weight excluding hydrogens is 438 g/mol. The fourth-order valence-electron chi connectivity index (χ4n) is 4.02. The number of nitrogens with one attached hydrogen (secondary N) is 1. The molecule has 168 valence electrons. The Morgan fingerprint density at radius 2 is 2.12 bits per heavy atom. The molecule has 0 bridgehead atoms. The predicted molar refractivity (Wildman–Crippen MR) is 118 cm³/mol. The van der Waals surface area contributed by atoms with E-state index in [0.29, 0.717) is 25.4 Å². The van der Waals surface area contributed by atoms with Gasteiger partial charge in [-0.3, -0.25) is 14.4 Å². The summed E-state index contributed by atoms with van der Waals surface area (Å²) in [6.07, 6.45) is 4.12. The smallest absolute Gasteiger partial charge is 0.255 e. The zero-order valence-electron chi connectivity index (χ0n) is 17.5. The standard InChI is InChI=1S/C23H23ClF2N4O2/c1-32-14-20-9-19(13-29(20)11-15-5-6-21(24)22(26)7-15)30-12-18(10-27-30)28-23(31)16-3-2-4-17(25)8-16/h2-8,10,12,19-20H,9,11,13-14H2,1H3,(H,28,31)/t19-,20-/m0/s1. The van der Waals surface area contributed by atoms with Gasteiger partial charge in [-0.2, -0.15) is 5.10 Å². The number of nitrogens with zero attached hydrogens (tertiary/aromatic N) is 3. The van der Waals surface area contributed by atoms with Gasteiger partial charge >= 0.3 is 0 Å². The van der Waals surface area contributed by atoms with Gasteiger partial charge in [-0.25, -0.2) is 8.78 Å². The number of hydrogen-bond acceptors (Lipinski definition) is 4. The summed E-state index contributed by atoms with van der Waals surface area (Å²) in [6, 6.07) is 10.5. The van der Waals surface area contributed by atoms with Gasteiger partial charge in [0.2, 0.25) is 0 Å². The number of rotatable bonds is 7. The van der Waals surface area contributed by atoms with Crippen molar-refractivity contribution in [3.63, 3.8) is 0 Å². The van der Waals surface area contributed by atoms with E-state index in [2.05, 4.69) is 15.3 Å². The number of halogens is 3. The molecule has 32 heavy (non-hydrogen) atoms. The zero-order valence-corrected chi connectivity index (χ0v) is 18.2. The molecule has 1 fully saturated rings. The van der Waals surface area contributed by atoms with E-state index in [9.17, 15) is 13.6 Å². The van der Waals surface area contributed by atoms with Crippen LogP contribution in [0.15, 0.2) is 54.9 Å². The van der Waals surface area contributed by atoms with Crippen molar-refractivity contribution in [3.05, 3.63) is 82.6 Å². The lowest BCUT2D eigenvalue weighted by molar-refractivity contribution is 0.102. The van der Waals surface area contributed by atoms with Gasteiger partial charge in [-0.05, 0) is 42.3 Å². The van der Waals surface area contributed by atoms with Gasteiger partial charge in [0, 0.05) is 38.0 Å². The summed E-state index contributed by atoms with van der Waals surface area (Å²) in [7, 11) is 1.65. The Kier molecular flexibility index (Phi) is 6.83. The third-order valence-corrected chi connectivity index (χ3v) is 5.86. The number of carbonyl (C=O) groups excluding carboxylic acids is 1. The lowest BCUT2D eigenvalue weighted by atomic mass is 10.1. The molecule has 1 aromatic heterocycles. The van der Waals surface area contributed by atoms with E-state index in [1.165, 1.54) is 24.3 Å². The second kappa shape index (κ2) is 9.77. The van der Waals surface area contributed by atoms with Crippen LogP contribution in [0.2, 0.25) is 5.02 Å². The summed E-state index contributed by atoms with van der Waals surface area (Å²) in [4.78, 5) is 14.6. The van der Waals surface area contributed by atoms with E-state index >= 15 is 0 Å². The first-order chi connectivity index (χ1) is 15.4. The van der Waals surface area contributed by atoms with Gasteiger partial charge < -0.3 is 10.1 Å². The highest BCUT2D eigenvalue weighted by Crippen LogP contribution is 2.30. The van der Waals surface area contributed by atoms with E-state index in [0.717, 1.165) is 12.0 Å². The van der Waals surface area contributed by atoms with Crippen molar-refractivity contribution in [3.8, 4) is 0 Å². The highest BCUT2D eigenvalue weighted by atomic mass is 35.5. The van der Waals surface area contributed by atoms with Crippen LogP contribution in [0.25, 0.3) is 0 Å².